The quantitative estimate of drug-likeness (QED) is 0.850. The normalized spacial score (nSPS) is 16.2. The zero-order valence-corrected chi connectivity index (χ0v) is 9.65. The molecule has 1 aromatic heterocycles. The van der Waals surface area contributed by atoms with Crippen LogP contribution in [0.3, 0.4) is 0 Å². The van der Waals surface area contributed by atoms with Crippen molar-refractivity contribution in [3.05, 3.63) is 18.0 Å². The molecule has 4 nitrogen and oxygen atoms in total. The standard InChI is InChI=1S/C10H16F3N3O/c1-6(2)9(14)7(5-17)16-4-3-8(15-16)10(11,12)13/h3-4,6-7,9,17H,5,14H2,1-2H3. The molecule has 0 aromatic carbocycles. The second kappa shape index (κ2) is 5.05. The van der Waals surface area contributed by atoms with E-state index in [1.54, 1.807) is 0 Å². The summed E-state index contributed by atoms with van der Waals surface area (Å²) in [5.41, 5.74) is 4.84. The van der Waals surface area contributed by atoms with Gasteiger partial charge in [-0.2, -0.15) is 18.3 Å². The number of aromatic nitrogens is 2. The van der Waals surface area contributed by atoms with Crippen LogP contribution in [0, 0.1) is 5.92 Å². The maximum atomic E-state index is 12.4. The van der Waals surface area contributed by atoms with Crippen LogP contribution in [0.5, 0.6) is 0 Å². The van der Waals surface area contributed by atoms with E-state index in [0.29, 0.717) is 0 Å². The summed E-state index contributed by atoms with van der Waals surface area (Å²) in [6.45, 7) is 3.32. The van der Waals surface area contributed by atoms with Crippen LogP contribution < -0.4 is 5.73 Å². The number of aliphatic hydroxyl groups is 1. The summed E-state index contributed by atoms with van der Waals surface area (Å²) in [7, 11) is 0. The molecule has 0 fully saturated rings. The van der Waals surface area contributed by atoms with E-state index in [-0.39, 0.29) is 12.5 Å². The molecule has 3 N–H and O–H groups in total. The monoisotopic (exact) mass is 251 g/mol. The van der Waals surface area contributed by atoms with Crippen molar-refractivity contribution in [1.29, 1.82) is 0 Å². The number of nitrogens with zero attached hydrogens (tertiary/aromatic N) is 2. The predicted molar refractivity (Wildman–Crippen MR) is 56.2 cm³/mol. The molecule has 0 saturated carbocycles. The van der Waals surface area contributed by atoms with Gasteiger partial charge in [-0.15, -0.1) is 0 Å². The van der Waals surface area contributed by atoms with Crippen molar-refractivity contribution in [2.45, 2.75) is 32.1 Å². The third kappa shape index (κ3) is 3.19. The first-order valence-electron chi connectivity index (χ1n) is 5.26. The van der Waals surface area contributed by atoms with Gasteiger partial charge >= 0.3 is 6.18 Å². The summed E-state index contributed by atoms with van der Waals surface area (Å²) in [4.78, 5) is 0. The molecular formula is C10H16F3N3O. The average molecular weight is 251 g/mol. The predicted octanol–water partition coefficient (Wildman–Crippen LogP) is 1.42. The van der Waals surface area contributed by atoms with Crippen LogP contribution >= 0.6 is 0 Å². The lowest BCUT2D eigenvalue weighted by Gasteiger charge is -2.25. The number of hydrogen-bond donors (Lipinski definition) is 2. The van der Waals surface area contributed by atoms with Crippen molar-refractivity contribution in [3.63, 3.8) is 0 Å². The third-order valence-electron chi connectivity index (χ3n) is 2.64. The van der Waals surface area contributed by atoms with Crippen LogP contribution in [0.4, 0.5) is 13.2 Å². The molecule has 17 heavy (non-hydrogen) atoms. The molecule has 0 radical (unpaired) electrons. The van der Waals surface area contributed by atoms with Crippen LogP contribution in [0.2, 0.25) is 0 Å². The topological polar surface area (TPSA) is 64.1 Å². The number of rotatable bonds is 4. The Balaban J connectivity index is 2.94. The number of alkyl halides is 3. The molecule has 7 heteroatoms. The second-order valence-corrected chi connectivity index (χ2v) is 4.25. The minimum absolute atomic E-state index is 0.0330. The van der Waals surface area contributed by atoms with E-state index in [0.717, 1.165) is 10.7 Å². The highest BCUT2D eigenvalue weighted by Crippen LogP contribution is 2.28. The van der Waals surface area contributed by atoms with Crippen LogP contribution in [0.15, 0.2) is 12.3 Å². The minimum Gasteiger partial charge on any atom is -0.394 e. The highest BCUT2D eigenvalue weighted by atomic mass is 19.4. The molecule has 0 aliphatic carbocycles. The highest BCUT2D eigenvalue weighted by molar-refractivity contribution is 5.04. The maximum absolute atomic E-state index is 12.4. The lowest BCUT2D eigenvalue weighted by atomic mass is 9.98. The smallest absolute Gasteiger partial charge is 0.394 e. The Morgan fingerprint density at radius 3 is 2.41 bits per heavy atom. The SMILES string of the molecule is CC(C)C(N)C(CO)n1ccc(C(F)(F)F)n1. The molecule has 0 bridgehead atoms. The molecule has 1 heterocycles. The largest absolute Gasteiger partial charge is 0.435 e. The van der Waals surface area contributed by atoms with Crippen LogP contribution in [0.1, 0.15) is 25.6 Å². The molecular weight excluding hydrogens is 235 g/mol. The van der Waals surface area contributed by atoms with Gasteiger partial charge in [0.15, 0.2) is 5.69 Å². The second-order valence-electron chi connectivity index (χ2n) is 4.25. The van der Waals surface area contributed by atoms with E-state index >= 15 is 0 Å². The van der Waals surface area contributed by atoms with Gasteiger partial charge in [-0.3, -0.25) is 4.68 Å². The fraction of sp³-hybridized carbons (Fsp3) is 0.700. The number of nitrogens with two attached hydrogens (primary N) is 1. The van der Waals surface area contributed by atoms with Crippen LogP contribution in [-0.2, 0) is 6.18 Å². The summed E-state index contributed by atoms with van der Waals surface area (Å²) in [5, 5.41) is 12.6. The Bertz CT molecular complexity index is 362. The van der Waals surface area contributed by atoms with Crippen LogP contribution in [0.25, 0.3) is 0 Å². The molecule has 0 amide bonds. The van der Waals surface area contributed by atoms with Crippen molar-refractivity contribution in [2.75, 3.05) is 6.61 Å². The summed E-state index contributed by atoms with van der Waals surface area (Å²) >= 11 is 0. The minimum atomic E-state index is -4.48. The van der Waals surface area contributed by atoms with E-state index in [4.69, 9.17) is 5.73 Å². The van der Waals surface area contributed by atoms with Gasteiger partial charge in [-0.05, 0) is 12.0 Å². The Kier molecular flexibility index (Phi) is 4.16. The Labute approximate surface area is 97.2 Å². The fourth-order valence-electron chi connectivity index (χ4n) is 1.50. The lowest BCUT2D eigenvalue weighted by Crippen LogP contribution is -2.39. The van der Waals surface area contributed by atoms with E-state index in [9.17, 15) is 18.3 Å². The fourth-order valence-corrected chi connectivity index (χ4v) is 1.50. The molecule has 98 valence electrons. The lowest BCUT2D eigenvalue weighted by molar-refractivity contribution is -0.141. The molecule has 0 aliphatic rings. The highest BCUT2D eigenvalue weighted by Gasteiger charge is 2.34. The Morgan fingerprint density at radius 1 is 1.47 bits per heavy atom. The number of hydrogen-bond acceptors (Lipinski definition) is 3. The summed E-state index contributed by atoms with van der Waals surface area (Å²) in [6, 6.07) is -0.234. The van der Waals surface area contributed by atoms with Gasteiger partial charge in [0.25, 0.3) is 0 Å². The van der Waals surface area contributed by atoms with Gasteiger partial charge in [0.1, 0.15) is 0 Å². The van der Waals surface area contributed by atoms with Gasteiger partial charge in [0, 0.05) is 12.2 Å². The molecule has 1 aromatic rings. The van der Waals surface area contributed by atoms with E-state index < -0.39 is 24.0 Å². The first-order chi connectivity index (χ1) is 7.77. The Morgan fingerprint density at radius 2 is 2.06 bits per heavy atom. The van der Waals surface area contributed by atoms with Gasteiger partial charge < -0.3 is 10.8 Å². The van der Waals surface area contributed by atoms with Crippen molar-refractivity contribution in [2.24, 2.45) is 11.7 Å². The molecule has 2 unspecified atom stereocenters. The van der Waals surface area contributed by atoms with E-state index in [2.05, 4.69) is 5.10 Å². The van der Waals surface area contributed by atoms with Crippen LogP contribution in [-0.4, -0.2) is 27.5 Å². The van der Waals surface area contributed by atoms with Gasteiger partial charge in [0.05, 0.1) is 12.6 Å². The average Bonchev–Trinajstić information content (AvgIpc) is 2.67. The number of aliphatic hydroxyl groups excluding tert-OH is 1. The summed E-state index contributed by atoms with van der Waals surface area (Å²) in [5.74, 6) is 0.0330. The van der Waals surface area contributed by atoms with E-state index in [1.165, 1.54) is 6.20 Å². The molecule has 2 atom stereocenters. The van der Waals surface area contributed by atoms with Crippen molar-refractivity contribution in [1.82, 2.24) is 9.78 Å². The molecule has 0 saturated heterocycles. The van der Waals surface area contributed by atoms with Crippen molar-refractivity contribution >= 4 is 0 Å². The molecule has 0 aliphatic heterocycles. The van der Waals surface area contributed by atoms with Gasteiger partial charge in [-0.1, -0.05) is 13.8 Å². The molecule has 0 spiro atoms. The Hall–Kier alpha value is -1.08. The first-order valence-corrected chi connectivity index (χ1v) is 5.26. The maximum Gasteiger partial charge on any atom is 0.435 e. The van der Waals surface area contributed by atoms with E-state index in [1.807, 2.05) is 13.8 Å². The first kappa shape index (κ1) is 14.0. The summed E-state index contributed by atoms with van der Waals surface area (Å²) in [6.07, 6.45) is -3.29. The summed E-state index contributed by atoms with van der Waals surface area (Å²) < 4.78 is 38.2. The van der Waals surface area contributed by atoms with Crippen molar-refractivity contribution in [3.8, 4) is 0 Å². The molecule has 1 rings (SSSR count). The third-order valence-corrected chi connectivity index (χ3v) is 2.64. The van der Waals surface area contributed by atoms with Gasteiger partial charge in [0.2, 0.25) is 0 Å². The van der Waals surface area contributed by atoms with Crippen molar-refractivity contribution < 1.29 is 18.3 Å². The zero-order valence-electron chi connectivity index (χ0n) is 9.65. The number of halogens is 3. The van der Waals surface area contributed by atoms with Gasteiger partial charge in [-0.25, -0.2) is 0 Å². The zero-order chi connectivity index (χ0) is 13.2.